The zero-order chi connectivity index (χ0) is 21.4. The predicted molar refractivity (Wildman–Crippen MR) is 118 cm³/mol. The van der Waals surface area contributed by atoms with Gasteiger partial charge in [-0.1, -0.05) is 18.1 Å². The van der Waals surface area contributed by atoms with Gasteiger partial charge in [0, 0.05) is 36.7 Å². The van der Waals surface area contributed by atoms with Crippen LogP contribution >= 0.6 is 0 Å². The largest absolute Gasteiger partial charge is 0.324 e. The van der Waals surface area contributed by atoms with Crippen molar-refractivity contribution in [2.75, 3.05) is 30.0 Å². The molecular formula is C23H22N6O2. The van der Waals surface area contributed by atoms with Crippen LogP contribution in [0, 0.1) is 12.3 Å². The summed E-state index contributed by atoms with van der Waals surface area (Å²) < 4.78 is 1.91. The molecule has 31 heavy (non-hydrogen) atoms. The average Bonchev–Trinajstić information content (AvgIpc) is 3.40. The smallest absolute Gasteiger partial charge is 0.321 e. The molecular weight excluding hydrogens is 392 g/mol. The second-order valence-corrected chi connectivity index (χ2v) is 7.83. The number of nitrogens with zero attached hydrogens (tertiary/aromatic N) is 4. The first-order valence-corrected chi connectivity index (χ1v) is 10.2. The number of likely N-dealkylation sites (tertiary alicyclic amines) is 1. The van der Waals surface area contributed by atoms with E-state index in [-0.39, 0.29) is 11.9 Å². The van der Waals surface area contributed by atoms with Crippen LogP contribution in [-0.2, 0) is 4.79 Å². The van der Waals surface area contributed by atoms with E-state index in [1.165, 1.54) is 0 Å². The van der Waals surface area contributed by atoms with Gasteiger partial charge in [0.15, 0.2) is 0 Å². The topological polar surface area (TPSA) is 82.0 Å². The van der Waals surface area contributed by atoms with E-state index in [9.17, 15) is 9.59 Å². The molecule has 1 aromatic carbocycles. The van der Waals surface area contributed by atoms with E-state index in [4.69, 9.17) is 6.42 Å². The molecule has 156 valence electrons. The molecule has 8 heteroatoms. The lowest BCUT2D eigenvalue weighted by Crippen LogP contribution is -2.56. The lowest BCUT2D eigenvalue weighted by atomic mass is 9.87. The lowest BCUT2D eigenvalue weighted by molar-refractivity contribution is -0.123. The molecule has 2 aliphatic heterocycles. The van der Waals surface area contributed by atoms with Crippen molar-refractivity contribution in [3.63, 3.8) is 0 Å². The third-order valence-electron chi connectivity index (χ3n) is 6.10. The minimum Gasteiger partial charge on any atom is -0.324 e. The summed E-state index contributed by atoms with van der Waals surface area (Å²) in [5.41, 5.74) is 1.52. The van der Waals surface area contributed by atoms with Crippen molar-refractivity contribution >= 4 is 29.1 Å². The van der Waals surface area contributed by atoms with Crippen molar-refractivity contribution in [3.8, 4) is 12.3 Å². The van der Waals surface area contributed by atoms with Gasteiger partial charge in [-0.2, -0.15) is 0 Å². The van der Waals surface area contributed by atoms with E-state index in [0.29, 0.717) is 43.9 Å². The van der Waals surface area contributed by atoms with Crippen LogP contribution in [0.4, 0.5) is 16.3 Å². The molecule has 0 radical (unpaired) electrons. The number of benzene rings is 1. The zero-order valence-corrected chi connectivity index (χ0v) is 16.9. The number of piperidine rings is 1. The molecule has 3 aromatic rings. The van der Waals surface area contributed by atoms with Crippen LogP contribution in [0.5, 0.6) is 0 Å². The Morgan fingerprint density at radius 2 is 2.00 bits per heavy atom. The molecule has 0 unspecified atom stereocenters. The fourth-order valence-electron chi connectivity index (χ4n) is 4.35. The minimum absolute atomic E-state index is 0.0375. The summed E-state index contributed by atoms with van der Waals surface area (Å²) in [5.74, 6) is 3.39. The molecule has 1 spiro atoms. The van der Waals surface area contributed by atoms with Gasteiger partial charge in [-0.05, 0) is 43.2 Å². The normalized spacial score (nSPS) is 17.8. The molecule has 2 aromatic heterocycles. The highest BCUT2D eigenvalue weighted by Crippen LogP contribution is 2.32. The monoisotopic (exact) mass is 414 g/mol. The van der Waals surface area contributed by atoms with Gasteiger partial charge >= 0.3 is 6.03 Å². The van der Waals surface area contributed by atoms with Gasteiger partial charge < -0.3 is 10.2 Å². The van der Waals surface area contributed by atoms with Crippen molar-refractivity contribution in [1.82, 2.24) is 19.6 Å². The first-order chi connectivity index (χ1) is 15.1. The summed E-state index contributed by atoms with van der Waals surface area (Å²) in [4.78, 5) is 33.9. The molecule has 8 nitrogen and oxygen atoms in total. The maximum Gasteiger partial charge on any atom is 0.321 e. The van der Waals surface area contributed by atoms with Gasteiger partial charge in [-0.15, -0.1) is 6.42 Å². The van der Waals surface area contributed by atoms with Crippen LogP contribution < -0.4 is 15.5 Å². The number of hydrogen-bond acceptors (Lipinski definition) is 4. The number of imidazole rings is 1. The fourth-order valence-corrected chi connectivity index (χ4v) is 4.35. The van der Waals surface area contributed by atoms with Gasteiger partial charge in [0.25, 0.3) is 0 Å². The highest BCUT2D eigenvalue weighted by Gasteiger charge is 2.49. The Hall–Kier alpha value is -3.83. The quantitative estimate of drug-likeness (QED) is 0.631. The molecule has 3 amide bonds. The average molecular weight is 414 g/mol. The number of terminal acetylenes is 1. The Kier molecular flexibility index (Phi) is 4.60. The minimum atomic E-state index is -0.650. The highest BCUT2D eigenvalue weighted by molar-refractivity contribution is 6.02. The van der Waals surface area contributed by atoms with E-state index in [2.05, 4.69) is 21.5 Å². The van der Waals surface area contributed by atoms with Crippen LogP contribution in [0.3, 0.4) is 0 Å². The molecule has 0 atom stereocenters. The molecule has 2 aliphatic rings. The molecule has 2 N–H and O–H groups in total. The molecule has 2 fully saturated rings. The Balaban J connectivity index is 1.26. The standard InChI is InChI=1S/C23H22N6O2/c1-2-17-5-3-6-18(15-17)26-22(31)27-12-9-23(10-13-27)21(30)29(16-25-23)20-8-4-7-19-24-11-14-28(19)20/h1,3-8,11,14-15,25H,9-10,12-13,16H2,(H,26,31). The Bertz CT molecular complexity index is 1200. The number of fused-ring (bicyclic) bond motifs is 1. The molecule has 5 rings (SSSR count). The summed E-state index contributed by atoms with van der Waals surface area (Å²) in [6.45, 7) is 1.41. The van der Waals surface area contributed by atoms with Gasteiger partial charge in [0.05, 0.1) is 6.67 Å². The highest BCUT2D eigenvalue weighted by atomic mass is 16.2. The third kappa shape index (κ3) is 3.29. The third-order valence-corrected chi connectivity index (χ3v) is 6.10. The number of nitrogens with one attached hydrogen (secondary N) is 2. The molecule has 0 aliphatic carbocycles. The maximum atomic E-state index is 13.4. The second kappa shape index (κ2) is 7.45. The molecule has 0 saturated carbocycles. The number of pyridine rings is 1. The zero-order valence-electron chi connectivity index (χ0n) is 16.9. The Morgan fingerprint density at radius 3 is 2.81 bits per heavy atom. The summed E-state index contributed by atoms with van der Waals surface area (Å²) in [6.07, 6.45) is 10.1. The number of carbonyl (C=O) groups excluding carboxylic acids is 2. The first-order valence-electron chi connectivity index (χ1n) is 10.2. The van der Waals surface area contributed by atoms with Crippen molar-refractivity contribution in [2.24, 2.45) is 0 Å². The van der Waals surface area contributed by atoms with E-state index >= 15 is 0 Å². The van der Waals surface area contributed by atoms with E-state index in [1.54, 1.807) is 28.1 Å². The Morgan fingerprint density at radius 1 is 1.19 bits per heavy atom. The molecule has 4 heterocycles. The summed E-state index contributed by atoms with van der Waals surface area (Å²) in [7, 11) is 0. The van der Waals surface area contributed by atoms with Crippen LogP contribution in [0.2, 0.25) is 0 Å². The summed E-state index contributed by atoms with van der Waals surface area (Å²) in [5, 5.41) is 6.31. The van der Waals surface area contributed by atoms with Crippen LogP contribution in [0.15, 0.2) is 54.9 Å². The number of urea groups is 1. The molecule has 0 bridgehead atoms. The van der Waals surface area contributed by atoms with E-state index in [1.807, 2.05) is 40.9 Å². The fraction of sp³-hybridized carbons (Fsp3) is 0.261. The van der Waals surface area contributed by atoms with Crippen molar-refractivity contribution in [2.45, 2.75) is 18.4 Å². The van der Waals surface area contributed by atoms with Crippen molar-refractivity contribution in [1.29, 1.82) is 0 Å². The number of amides is 3. The van der Waals surface area contributed by atoms with Gasteiger partial charge in [-0.3, -0.25) is 19.4 Å². The SMILES string of the molecule is C#Cc1cccc(NC(=O)N2CCC3(CC2)NCN(c2cccc4nccn24)C3=O)c1. The number of rotatable bonds is 2. The van der Waals surface area contributed by atoms with Crippen molar-refractivity contribution < 1.29 is 9.59 Å². The van der Waals surface area contributed by atoms with E-state index < -0.39 is 5.54 Å². The number of anilines is 2. The molecule has 2 saturated heterocycles. The van der Waals surface area contributed by atoms with Gasteiger partial charge in [0.2, 0.25) is 5.91 Å². The van der Waals surface area contributed by atoms with Gasteiger partial charge in [0.1, 0.15) is 17.0 Å². The van der Waals surface area contributed by atoms with Crippen LogP contribution in [0.25, 0.3) is 5.65 Å². The second-order valence-electron chi connectivity index (χ2n) is 7.83. The van der Waals surface area contributed by atoms with Crippen molar-refractivity contribution in [3.05, 3.63) is 60.4 Å². The first kappa shape index (κ1) is 19.2. The lowest BCUT2D eigenvalue weighted by Gasteiger charge is -2.37. The summed E-state index contributed by atoms with van der Waals surface area (Å²) in [6, 6.07) is 12.7. The van der Waals surface area contributed by atoms with E-state index in [0.717, 1.165) is 11.5 Å². The number of aromatic nitrogens is 2. The van der Waals surface area contributed by atoms with Gasteiger partial charge in [-0.25, -0.2) is 9.78 Å². The van der Waals surface area contributed by atoms with Crippen LogP contribution in [-0.4, -0.2) is 51.5 Å². The number of carbonyl (C=O) groups is 2. The number of hydrogen-bond donors (Lipinski definition) is 2. The predicted octanol–water partition coefficient (Wildman–Crippen LogP) is 2.28. The Labute approximate surface area is 179 Å². The summed E-state index contributed by atoms with van der Waals surface area (Å²) >= 11 is 0. The maximum absolute atomic E-state index is 13.4. The van der Waals surface area contributed by atoms with Crippen LogP contribution in [0.1, 0.15) is 18.4 Å².